The van der Waals surface area contributed by atoms with E-state index in [1.165, 1.54) is 12.1 Å². The van der Waals surface area contributed by atoms with Crippen LogP contribution >= 0.6 is 23.7 Å². The van der Waals surface area contributed by atoms with Crippen LogP contribution in [0.4, 0.5) is 0 Å². The summed E-state index contributed by atoms with van der Waals surface area (Å²) in [5.41, 5.74) is 0. The van der Waals surface area contributed by atoms with Gasteiger partial charge in [-0.05, 0) is 39.3 Å². The lowest BCUT2D eigenvalue weighted by Crippen LogP contribution is -2.30. The molecule has 0 heterocycles. The number of nitrogens with zero attached hydrogens (tertiary/aromatic N) is 3. The Kier molecular flexibility index (Phi) is 6.13. The van der Waals surface area contributed by atoms with Gasteiger partial charge in [-0.2, -0.15) is 9.66 Å². The van der Waals surface area contributed by atoms with Gasteiger partial charge in [-0.25, -0.2) is 4.31 Å². The van der Waals surface area contributed by atoms with Gasteiger partial charge in [0.25, 0.3) is 0 Å². The van der Waals surface area contributed by atoms with Crippen molar-refractivity contribution in [3.05, 3.63) is 0 Å². The summed E-state index contributed by atoms with van der Waals surface area (Å²) in [6.45, 7) is 8.29. The Hall–Kier alpha value is -0.240. The van der Waals surface area contributed by atoms with Crippen molar-refractivity contribution < 1.29 is 0 Å². The summed E-state index contributed by atoms with van der Waals surface area (Å²) < 4.78 is 5.92. The SMILES string of the molecule is CC(C)N(SN=C(Cl)C#N)C(C)C. The van der Waals surface area contributed by atoms with Crippen molar-refractivity contribution >= 4 is 28.9 Å². The van der Waals surface area contributed by atoms with Gasteiger partial charge >= 0.3 is 0 Å². The van der Waals surface area contributed by atoms with E-state index < -0.39 is 0 Å². The van der Waals surface area contributed by atoms with Gasteiger partial charge in [-0.1, -0.05) is 0 Å². The maximum atomic E-state index is 8.38. The van der Waals surface area contributed by atoms with Crippen LogP contribution in [0.3, 0.4) is 0 Å². The molecule has 74 valence electrons. The largest absolute Gasteiger partial charge is 0.226 e. The van der Waals surface area contributed by atoms with Crippen LogP contribution in [0, 0.1) is 11.3 Å². The first-order valence-corrected chi connectivity index (χ1v) is 5.19. The number of hydrogen-bond acceptors (Lipinski definition) is 4. The summed E-state index contributed by atoms with van der Waals surface area (Å²) in [6, 6.07) is 2.51. The van der Waals surface area contributed by atoms with Gasteiger partial charge in [0.1, 0.15) is 6.07 Å². The number of hydrogen-bond donors (Lipinski definition) is 0. The number of rotatable bonds is 4. The summed E-state index contributed by atoms with van der Waals surface area (Å²) in [4.78, 5) is 0. The van der Waals surface area contributed by atoms with E-state index in [0.29, 0.717) is 12.1 Å². The summed E-state index contributed by atoms with van der Waals surface area (Å²) >= 11 is 6.70. The second kappa shape index (κ2) is 6.25. The van der Waals surface area contributed by atoms with Crippen molar-refractivity contribution in [1.29, 1.82) is 5.26 Å². The predicted octanol–water partition coefficient (Wildman–Crippen LogP) is 2.83. The lowest BCUT2D eigenvalue weighted by atomic mass is 10.3. The topological polar surface area (TPSA) is 39.4 Å². The molecule has 5 heteroatoms. The fraction of sp³-hybridized carbons (Fsp3) is 0.750. The predicted molar refractivity (Wildman–Crippen MR) is 58.6 cm³/mol. The van der Waals surface area contributed by atoms with Gasteiger partial charge < -0.3 is 0 Å². The lowest BCUT2D eigenvalue weighted by Gasteiger charge is -2.26. The molecule has 0 rings (SSSR count). The van der Waals surface area contributed by atoms with Gasteiger partial charge in [0.15, 0.2) is 0 Å². The van der Waals surface area contributed by atoms with E-state index in [1.54, 1.807) is 6.07 Å². The summed E-state index contributed by atoms with van der Waals surface area (Å²) in [5.74, 6) is 0. The number of nitriles is 1. The highest BCUT2D eigenvalue weighted by Gasteiger charge is 2.13. The van der Waals surface area contributed by atoms with Crippen LogP contribution in [0.5, 0.6) is 0 Å². The Morgan fingerprint density at radius 2 is 1.85 bits per heavy atom. The van der Waals surface area contributed by atoms with Crippen molar-refractivity contribution in [2.24, 2.45) is 4.40 Å². The van der Waals surface area contributed by atoms with Crippen LogP contribution in [-0.2, 0) is 0 Å². The van der Waals surface area contributed by atoms with E-state index in [1.807, 2.05) is 0 Å². The van der Waals surface area contributed by atoms with E-state index in [0.717, 1.165) is 0 Å². The lowest BCUT2D eigenvalue weighted by molar-refractivity contribution is 0.336. The minimum absolute atomic E-state index is 0.0173. The minimum Gasteiger partial charge on any atom is -0.226 e. The Morgan fingerprint density at radius 3 is 2.15 bits per heavy atom. The molecule has 3 nitrogen and oxygen atoms in total. The van der Waals surface area contributed by atoms with E-state index in [9.17, 15) is 0 Å². The zero-order valence-corrected chi connectivity index (χ0v) is 9.85. The van der Waals surface area contributed by atoms with Crippen molar-refractivity contribution in [3.8, 4) is 6.07 Å². The molecule has 0 fully saturated rings. The third kappa shape index (κ3) is 5.14. The van der Waals surface area contributed by atoms with Crippen LogP contribution in [0.15, 0.2) is 4.40 Å². The first-order chi connectivity index (χ1) is 5.99. The van der Waals surface area contributed by atoms with Gasteiger partial charge in [-0.15, -0.1) is 0 Å². The molecule has 0 atom stereocenters. The molecule has 0 spiro atoms. The molecule has 0 aliphatic rings. The molecule has 0 aromatic heterocycles. The smallest absolute Gasteiger partial charge is 0.215 e. The normalized spacial score (nSPS) is 12.7. The maximum absolute atomic E-state index is 8.38. The minimum atomic E-state index is -0.0173. The van der Waals surface area contributed by atoms with Crippen LogP contribution in [0.25, 0.3) is 0 Å². The highest BCUT2D eigenvalue weighted by molar-refractivity contribution is 7.96. The van der Waals surface area contributed by atoms with Gasteiger partial charge in [-0.3, -0.25) is 0 Å². The molecular weight excluding hydrogens is 206 g/mol. The molecule has 0 saturated heterocycles. The Morgan fingerprint density at radius 1 is 1.38 bits per heavy atom. The average Bonchev–Trinajstić information content (AvgIpc) is 2.03. The molecular formula is C8H14ClN3S. The molecule has 0 unspecified atom stereocenters. The van der Waals surface area contributed by atoms with Crippen LogP contribution < -0.4 is 0 Å². The maximum Gasteiger partial charge on any atom is 0.215 e. The monoisotopic (exact) mass is 219 g/mol. The second-order valence-corrected chi connectivity index (χ2v) is 4.25. The van der Waals surface area contributed by atoms with Crippen LogP contribution in [0.2, 0.25) is 0 Å². The fourth-order valence-corrected chi connectivity index (χ4v) is 1.56. The fourth-order valence-electron chi connectivity index (χ4n) is 0.888. The van der Waals surface area contributed by atoms with Crippen molar-refractivity contribution in [3.63, 3.8) is 0 Å². The summed E-state index contributed by atoms with van der Waals surface area (Å²) in [6.07, 6.45) is 0. The summed E-state index contributed by atoms with van der Waals surface area (Å²) in [7, 11) is 0. The summed E-state index contributed by atoms with van der Waals surface area (Å²) in [5, 5.41) is 8.36. The Labute approximate surface area is 89.0 Å². The standard InChI is InChI=1S/C8H14ClN3S/c1-6(2)12(7(3)4)13-11-8(9)5-10/h6-7H,1-4H3. The Bertz CT molecular complexity index is 212. The zero-order valence-electron chi connectivity index (χ0n) is 8.28. The van der Waals surface area contributed by atoms with E-state index in [4.69, 9.17) is 16.9 Å². The zero-order chi connectivity index (χ0) is 10.4. The molecule has 0 radical (unpaired) electrons. The third-order valence-electron chi connectivity index (χ3n) is 1.33. The average molecular weight is 220 g/mol. The molecule has 0 aliphatic heterocycles. The highest BCUT2D eigenvalue weighted by atomic mass is 35.5. The highest BCUT2D eigenvalue weighted by Crippen LogP contribution is 2.19. The second-order valence-electron chi connectivity index (χ2n) is 3.12. The molecule has 0 aromatic rings. The molecule has 0 aliphatic carbocycles. The van der Waals surface area contributed by atoms with Crippen LogP contribution in [-0.4, -0.2) is 21.6 Å². The first-order valence-electron chi connectivity index (χ1n) is 4.08. The molecule has 0 N–H and O–H groups in total. The molecule has 0 amide bonds. The quantitative estimate of drug-likeness (QED) is 0.539. The van der Waals surface area contributed by atoms with Crippen molar-refractivity contribution in [1.82, 2.24) is 4.31 Å². The molecule has 0 aromatic carbocycles. The Balaban J connectivity index is 4.22. The van der Waals surface area contributed by atoms with E-state index >= 15 is 0 Å². The van der Waals surface area contributed by atoms with Gasteiger partial charge in [0.2, 0.25) is 5.17 Å². The van der Waals surface area contributed by atoms with E-state index in [2.05, 4.69) is 36.4 Å². The third-order valence-corrected chi connectivity index (χ3v) is 2.89. The van der Waals surface area contributed by atoms with Gasteiger partial charge in [0.05, 0.1) is 12.1 Å². The first kappa shape index (κ1) is 12.8. The van der Waals surface area contributed by atoms with Crippen molar-refractivity contribution in [2.75, 3.05) is 0 Å². The van der Waals surface area contributed by atoms with E-state index in [-0.39, 0.29) is 5.17 Å². The molecule has 0 bridgehead atoms. The van der Waals surface area contributed by atoms with Crippen molar-refractivity contribution in [2.45, 2.75) is 39.8 Å². The number of halogens is 1. The van der Waals surface area contributed by atoms with Crippen LogP contribution in [0.1, 0.15) is 27.7 Å². The van der Waals surface area contributed by atoms with Gasteiger partial charge in [0, 0.05) is 12.1 Å². The molecule has 13 heavy (non-hydrogen) atoms. The molecule has 0 saturated carbocycles.